The van der Waals surface area contributed by atoms with Crippen molar-refractivity contribution in [3.63, 3.8) is 0 Å². The number of halogens is 3. The first-order valence-corrected chi connectivity index (χ1v) is 23.0. The number of nitrogens with zero attached hydrogens (tertiary/aromatic N) is 5. The number of fused-ring (bicyclic) bond motifs is 2. The van der Waals surface area contributed by atoms with Crippen LogP contribution in [-0.4, -0.2) is 114 Å². The first kappa shape index (κ1) is 41.9. The van der Waals surface area contributed by atoms with Crippen LogP contribution in [0.3, 0.4) is 0 Å². The van der Waals surface area contributed by atoms with E-state index in [-0.39, 0.29) is 43.3 Å². The first-order chi connectivity index (χ1) is 30.8. The molecule has 3 N–H and O–H groups in total. The van der Waals surface area contributed by atoms with Crippen LogP contribution in [-0.2, 0) is 26.3 Å². The Kier molecular flexibility index (Phi) is 10.8. The van der Waals surface area contributed by atoms with Crippen LogP contribution in [0.5, 0.6) is 0 Å². The average Bonchev–Trinajstić information content (AvgIpc) is 4.00. The second-order valence-corrected chi connectivity index (χ2v) is 19.2. The molecule has 64 heavy (non-hydrogen) atoms. The molecular formula is C46H45F3N8O6S. The second-order valence-electron chi connectivity index (χ2n) is 17.5. The molecule has 2 aromatic heterocycles. The van der Waals surface area contributed by atoms with Crippen molar-refractivity contribution in [3.8, 4) is 11.1 Å². The third-order valence-electron chi connectivity index (χ3n) is 13.4. The largest absolute Gasteiger partial charge is 0.371 e. The van der Waals surface area contributed by atoms with Crippen LogP contribution in [0.25, 0.3) is 22.2 Å². The Hall–Kier alpha value is -6.11. The summed E-state index contributed by atoms with van der Waals surface area (Å²) in [7, 11) is -4.35. The van der Waals surface area contributed by atoms with Crippen molar-refractivity contribution in [1.29, 1.82) is 0 Å². The van der Waals surface area contributed by atoms with Gasteiger partial charge in [0.15, 0.2) is 5.82 Å². The quantitative estimate of drug-likeness (QED) is 0.114. The third-order valence-corrected chi connectivity index (χ3v) is 14.9. The lowest BCUT2D eigenvalue weighted by atomic mass is 9.87. The standard InChI is InChI=1S/C46H45F3N8O6S/c47-32-13-16-56(25-32)64(62,63)53-38-8-7-37(48)41(42(38)49)43(59)36-20-51-44-35(36)18-30(19-50-44)28-3-1-27(2-4-28)29-11-14-54(15-12-29)21-26-22-55(23-26)33-5-6-34-31(17-33)24-57(46(34)61)39-9-10-40(58)52-45(39)60/h1-8,17-20,26,29,32,39,53H,9-16,21-25H2,(H,50,51)(H,52,58,60)/t32-,39?/m1/s1. The Morgan fingerprint density at radius 2 is 1.67 bits per heavy atom. The highest BCUT2D eigenvalue weighted by molar-refractivity contribution is 7.90. The summed E-state index contributed by atoms with van der Waals surface area (Å²) in [6.07, 6.45) is 4.24. The molecule has 18 heteroatoms. The summed E-state index contributed by atoms with van der Waals surface area (Å²) in [4.78, 5) is 64.7. The predicted molar refractivity (Wildman–Crippen MR) is 232 cm³/mol. The van der Waals surface area contributed by atoms with E-state index in [0.717, 1.165) is 78.8 Å². The van der Waals surface area contributed by atoms with Gasteiger partial charge in [-0.1, -0.05) is 24.3 Å². The van der Waals surface area contributed by atoms with Crippen LogP contribution in [0.2, 0.25) is 0 Å². The first-order valence-electron chi connectivity index (χ1n) is 21.6. The number of hydrogen-bond acceptors (Lipinski definition) is 9. The van der Waals surface area contributed by atoms with E-state index in [2.05, 4.69) is 43.3 Å². The van der Waals surface area contributed by atoms with Crippen molar-refractivity contribution in [3.05, 3.63) is 113 Å². The van der Waals surface area contributed by atoms with Crippen molar-refractivity contribution >= 4 is 56.1 Å². The number of carbonyl (C=O) groups excluding carboxylic acids is 4. The molecule has 332 valence electrons. The zero-order valence-electron chi connectivity index (χ0n) is 34.7. The average molecular weight is 895 g/mol. The van der Waals surface area contributed by atoms with Crippen molar-refractivity contribution < 1.29 is 40.8 Å². The molecule has 5 aromatic rings. The summed E-state index contributed by atoms with van der Waals surface area (Å²) in [5.41, 5.74) is 4.09. The minimum Gasteiger partial charge on any atom is -0.371 e. The van der Waals surface area contributed by atoms with Crippen LogP contribution in [0.4, 0.5) is 24.5 Å². The van der Waals surface area contributed by atoms with Gasteiger partial charge in [-0.05, 0) is 97.8 Å². The molecule has 14 nitrogen and oxygen atoms in total. The highest BCUT2D eigenvalue weighted by atomic mass is 32.2. The van der Waals surface area contributed by atoms with Gasteiger partial charge in [0.2, 0.25) is 17.6 Å². The Morgan fingerprint density at radius 3 is 2.41 bits per heavy atom. The van der Waals surface area contributed by atoms with Crippen molar-refractivity contribution in [1.82, 2.24) is 29.4 Å². The molecule has 0 aliphatic carbocycles. The zero-order chi connectivity index (χ0) is 44.4. The molecule has 5 aliphatic rings. The molecule has 0 radical (unpaired) electrons. The second kappa shape index (κ2) is 16.5. The molecule has 5 aliphatic heterocycles. The highest BCUT2D eigenvalue weighted by Crippen LogP contribution is 2.36. The molecule has 3 aromatic carbocycles. The molecule has 0 spiro atoms. The maximum atomic E-state index is 15.7. The number of aromatic nitrogens is 2. The molecule has 0 bridgehead atoms. The van der Waals surface area contributed by atoms with Crippen molar-refractivity contribution in [2.75, 3.05) is 55.4 Å². The van der Waals surface area contributed by atoms with Gasteiger partial charge in [-0.25, -0.2) is 18.2 Å². The van der Waals surface area contributed by atoms with Gasteiger partial charge in [-0.15, -0.1) is 0 Å². The topological polar surface area (TPSA) is 168 Å². The van der Waals surface area contributed by atoms with Gasteiger partial charge >= 0.3 is 10.2 Å². The number of aromatic amines is 1. The molecule has 4 saturated heterocycles. The minimum absolute atomic E-state index is 0.00425. The fraction of sp³-hybridized carbons (Fsp3) is 0.370. The molecule has 4 fully saturated rings. The fourth-order valence-electron chi connectivity index (χ4n) is 9.85. The number of ketones is 1. The molecule has 2 atom stereocenters. The molecule has 3 amide bonds. The molecule has 1 unspecified atom stereocenters. The molecular weight excluding hydrogens is 850 g/mol. The predicted octanol–water partition coefficient (Wildman–Crippen LogP) is 5.52. The van der Waals surface area contributed by atoms with E-state index in [9.17, 15) is 32.0 Å². The number of nitrogens with one attached hydrogen (secondary N) is 3. The lowest BCUT2D eigenvalue weighted by molar-refractivity contribution is -0.136. The Balaban J connectivity index is 0.738. The number of imide groups is 1. The zero-order valence-corrected chi connectivity index (χ0v) is 35.5. The maximum absolute atomic E-state index is 15.7. The van der Waals surface area contributed by atoms with Gasteiger partial charge in [-0.2, -0.15) is 12.7 Å². The van der Waals surface area contributed by atoms with Crippen LogP contribution in [0.1, 0.15) is 75.4 Å². The summed E-state index contributed by atoms with van der Waals surface area (Å²) in [6, 6.07) is 16.9. The fourth-order valence-corrected chi connectivity index (χ4v) is 11.1. The number of H-pyrrole nitrogens is 1. The van der Waals surface area contributed by atoms with Gasteiger partial charge in [-0.3, -0.25) is 29.2 Å². The number of amides is 3. The number of hydrogen-bond donors (Lipinski definition) is 3. The van der Waals surface area contributed by atoms with Crippen LogP contribution >= 0.6 is 0 Å². The number of rotatable bonds is 11. The van der Waals surface area contributed by atoms with E-state index < -0.39 is 57.0 Å². The van der Waals surface area contributed by atoms with E-state index in [4.69, 9.17) is 0 Å². The van der Waals surface area contributed by atoms with E-state index >= 15 is 8.78 Å². The normalized spacial score (nSPS) is 21.4. The summed E-state index contributed by atoms with van der Waals surface area (Å²) < 4.78 is 73.1. The lowest BCUT2D eigenvalue weighted by Gasteiger charge is -2.44. The van der Waals surface area contributed by atoms with Crippen LogP contribution in [0, 0.1) is 17.6 Å². The summed E-state index contributed by atoms with van der Waals surface area (Å²) in [6.45, 7) is 4.72. The number of likely N-dealkylation sites (tertiary alicyclic amines) is 1. The monoisotopic (exact) mass is 894 g/mol. The van der Waals surface area contributed by atoms with E-state index in [1.807, 2.05) is 29.0 Å². The number of carbonyl (C=O) groups is 4. The smallest absolute Gasteiger partial charge is 0.301 e. The Morgan fingerprint density at radius 1 is 0.891 bits per heavy atom. The lowest BCUT2D eigenvalue weighted by Crippen LogP contribution is -2.52. The van der Waals surface area contributed by atoms with E-state index in [1.54, 1.807) is 17.2 Å². The number of piperidine rings is 2. The van der Waals surface area contributed by atoms with Gasteiger partial charge in [0.05, 0.1) is 11.3 Å². The van der Waals surface area contributed by atoms with Gasteiger partial charge < -0.3 is 19.7 Å². The summed E-state index contributed by atoms with van der Waals surface area (Å²) >= 11 is 0. The van der Waals surface area contributed by atoms with Crippen molar-refractivity contribution in [2.24, 2.45) is 5.92 Å². The van der Waals surface area contributed by atoms with Crippen LogP contribution < -0.4 is 14.9 Å². The number of alkyl halides is 1. The Labute approximate surface area is 367 Å². The maximum Gasteiger partial charge on any atom is 0.301 e. The number of pyridine rings is 1. The van der Waals surface area contributed by atoms with Gasteiger partial charge in [0.25, 0.3) is 5.91 Å². The van der Waals surface area contributed by atoms with Crippen LogP contribution in [0.15, 0.2) is 73.1 Å². The Bertz CT molecular complexity index is 2830. The molecule has 7 heterocycles. The van der Waals surface area contributed by atoms with E-state index in [1.165, 1.54) is 11.8 Å². The van der Waals surface area contributed by atoms with Crippen molar-refractivity contribution in [2.45, 2.75) is 56.8 Å². The minimum atomic E-state index is -4.35. The SMILES string of the molecule is O=C1CCC(N2Cc3cc(N4CC(CN5CCC(c6ccc(-c7cnc8[nH]cc(C(=O)c9c(F)ccc(NS(=O)(=O)N%10CC[C@@H](F)C%10)c9F)c8c7)cc6)CC5)C4)ccc3C2=O)C(=O)N1. The van der Waals surface area contributed by atoms with Gasteiger partial charge in [0.1, 0.15) is 23.7 Å². The molecule has 10 rings (SSSR count). The highest BCUT2D eigenvalue weighted by Gasteiger charge is 2.40. The summed E-state index contributed by atoms with van der Waals surface area (Å²) in [5.74, 6) is -3.50. The number of anilines is 2. The van der Waals surface area contributed by atoms with E-state index in [0.29, 0.717) is 47.0 Å². The molecule has 0 saturated carbocycles. The third kappa shape index (κ3) is 7.80. The number of benzene rings is 3. The van der Waals surface area contributed by atoms with Gasteiger partial charge in [0, 0.05) is 91.8 Å². The summed E-state index contributed by atoms with van der Waals surface area (Å²) in [5, 5.41) is 2.69.